The number of hydrogen-bond acceptors (Lipinski definition) is 3. The van der Waals surface area contributed by atoms with Crippen molar-refractivity contribution in [2.24, 2.45) is 10.9 Å². The molecule has 0 saturated carbocycles. The van der Waals surface area contributed by atoms with Crippen molar-refractivity contribution in [1.29, 1.82) is 0 Å². The van der Waals surface area contributed by atoms with Gasteiger partial charge in [0.2, 0.25) is 0 Å². The van der Waals surface area contributed by atoms with E-state index in [-0.39, 0.29) is 12.5 Å². The van der Waals surface area contributed by atoms with E-state index in [1.54, 1.807) is 7.05 Å². The minimum absolute atomic E-state index is 0.0488. The summed E-state index contributed by atoms with van der Waals surface area (Å²) >= 11 is 0. The molecule has 1 unspecified atom stereocenters. The molecule has 8 heteroatoms. The van der Waals surface area contributed by atoms with Crippen molar-refractivity contribution >= 4 is 5.96 Å². The van der Waals surface area contributed by atoms with Crippen molar-refractivity contribution in [2.75, 3.05) is 40.0 Å². The number of alkyl halides is 3. The van der Waals surface area contributed by atoms with Gasteiger partial charge in [0.05, 0.1) is 13.2 Å². The van der Waals surface area contributed by atoms with Crippen LogP contribution in [0.1, 0.15) is 18.9 Å². The van der Waals surface area contributed by atoms with Gasteiger partial charge < -0.3 is 20.1 Å². The highest BCUT2D eigenvalue weighted by molar-refractivity contribution is 5.79. The van der Waals surface area contributed by atoms with Crippen LogP contribution in [-0.2, 0) is 16.1 Å². The number of ether oxygens (including phenoxy) is 2. The van der Waals surface area contributed by atoms with Crippen molar-refractivity contribution in [3.8, 4) is 0 Å². The molecule has 0 aliphatic rings. The molecule has 148 valence electrons. The number of hydrogen-bond donors (Lipinski definition) is 2. The fourth-order valence-corrected chi connectivity index (χ4v) is 2.07. The van der Waals surface area contributed by atoms with E-state index in [9.17, 15) is 13.2 Å². The minimum atomic E-state index is -4.27. The van der Waals surface area contributed by atoms with Crippen molar-refractivity contribution < 1.29 is 22.6 Å². The second-order valence-electron chi connectivity index (χ2n) is 6.01. The number of benzene rings is 1. The summed E-state index contributed by atoms with van der Waals surface area (Å²) in [5.41, 5.74) is 1.14. The van der Waals surface area contributed by atoms with Gasteiger partial charge in [-0.25, -0.2) is 0 Å². The highest BCUT2D eigenvalue weighted by Gasteiger charge is 2.27. The molecular weight excluding hydrogens is 347 g/mol. The number of aliphatic imine (C=N–C) groups is 1. The van der Waals surface area contributed by atoms with Crippen LogP contribution in [0, 0.1) is 5.92 Å². The zero-order chi connectivity index (χ0) is 19.3. The molecule has 0 spiro atoms. The second-order valence-corrected chi connectivity index (χ2v) is 6.01. The zero-order valence-corrected chi connectivity index (χ0v) is 15.3. The Labute approximate surface area is 153 Å². The van der Waals surface area contributed by atoms with Gasteiger partial charge in [-0.2, -0.15) is 13.2 Å². The maximum absolute atomic E-state index is 11.9. The molecule has 2 N–H and O–H groups in total. The summed E-state index contributed by atoms with van der Waals surface area (Å²) in [5.74, 6) is 0.892. The van der Waals surface area contributed by atoms with Crippen LogP contribution < -0.4 is 10.6 Å². The highest BCUT2D eigenvalue weighted by Crippen LogP contribution is 2.14. The van der Waals surface area contributed by atoms with Crippen LogP contribution in [0.25, 0.3) is 0 Å². The summed E-state index contributed by atoms with van der Waals surface area (Å²) in [5, 5.41) is 6.21. The van der Waals surface area contributed by atoms with Gasteiger partial charge in [-0.05, 0) is 17.9 Å². The van der Waals surface area contributed by atoms with Crippen LogP contribution in [0.3, 0.4) is 0 Å². The van der Waals surface area contributed by atoms with Crippen molar-refractivity contribution in [3.63, 3.8) is 0 Å². The molecule has 1 rings (SSSR count). The van der Waals surface area contributed by atoms with Gasteiger partial charge in [-0.1, -0.05) is 37.3 Å². The lowest BCUT2D eigenvalue weighted by Gasteiger charge is -2.16. The summed E-state index contributed by atoms with van der Waals surface area (Å²) in [6, 6.07) is 9.97. The first kappa shape index (κ1) is 22.2. The lowest BCUT2D eigenvalue weighted by molar-refractivity contribution is -0.173. The predicted molar refractivity (Wildman–Crippen MR) is 96.1 cm³/mol. The molecule has 1 atom stereocenters. The van der Waals surface area contributed by atoms with Crippen LogP contribution in [0.2, 0.25) is 0 Å². The smallest absolute Gasteiger partial charge is 0.376 e. The molecule has 1 aromatic rings. The maximum Gasteiger partial charge on any atom is 0.411 e. The minimum Gasteiger partial charge on any atom is -0.376 e. The molecule has 0 aliphatic heterocycles. The molecule has 0 aromatic heterocycles. The summed E-state index contributed by atoms with van der Waals surface area (Å²) < 4.78 is 46.0. The Morgan fingerprint density at radius 2 is 1.88 bits per heavy atom. The van der Waals surface area contributed by atoms with E-state index >= 15 is 0 Å². The summed E-state index contributed by atoms with van der Waals surface area (Å²) in [4.78, 5) is 4.08. The molecule has 5 nitrogen and oxygen atoms in total. The quantitative estimate of drug-likeness (QED) is 0.355. The van der Waals surface area contributed by atoms with Gasteiger partial charge >= 0.3 is 6.18 Å². The normalized spacial score (nSPS) is 13.5. The summed E-state index contributed by atoms with van der Waals surface area (Å²) in [6.45, 7) is 3.26. The van der Waals surface area contributed by atoms with Crippen LogP contribution in [0.4, 0.5) is 13.2 Å². The molecule has 0 amide bonds. The monoisotopic (exact) mass is 375 g/mol. The van der Waals surface area contributed by atoms with Crippen LogP contribution in [-0.4, -0.2) is 52.1 Å². The van der Waals surface area contributed by atoms with E-state index in [0.717, 1.165) is 5.56 Å². The number of guanidine groups is 1. The average molecular weight is 375 g/mol. The Bertz CT molecular complexity index is 510. The van der Waals surface area contributed by atoms with E-state index < -0.39 is 12.8 Å². The number of nitrogens with one attached hydrogen (secondary N) is 2. The molecular formula is C18H28F3N3O2. The number of halogens is 3. The zero-order valence-electron chi connectivity index (χ0n) is 15.3. The van der Waals surface area contributed by atoms with Crippen molar-refractivity contribution in [1.82, 2.24) is 10.6 Å². The van der Waals surface area contributed by atoms with E-state index in [0.29, 0.717) is 38.7 Å². The first-order valence-corrected chi connectivity index (χ1v) is 8.61. The maximum atomic E-state index is 11.9. The Balaban J connectivity index is 2.07. The molecule has 0 aliphatic carbocycles. The topological polar surface area (TPSA) is 54.9 Å². The summed E-state index contributed by atoms with van der Waals surface area (Å²) in [7, 11) is 1.64. The lowest BCUT2D eigenvalue weighted by Crippen LogP contribution is -2.40. The van der Waals surface area contributed by atoms with E-state index in [1.165, 1.54) is 0 Å². The molecule has 0 heterocycles. The molecule has 0 saturated heterocycles. The molecule has 0 radical (unpaired) electrons. The molecule has 0 fully saturated rings. The Morgan fingerprint density at radius 1 is 1.15 bits per heavy atom. The highest BCUT2D eigenvalue weighted by atomic mass is 19.4. The third kappa shape index (κ3) is 11.7. The largest absolute Gasteiger partial charge is 0.411 e. The Morgan fingerprint density at radius 3 is 2.54 bits per heavy atom. The van der Waals surface area contributed by atoms with Gasteiger partial charge in [0.25, 0.3) is 0 Å². The fraction of sp³-hybridized carbons (Fsp3) is 0.611. The van der Waals surface area contributed by atoms with Gasteiger partial charge in [0, 0.05) is 26.7 Å². The summed E-state index contributed by atoms with van der Waals surface area (Å²) in [6.07, 6.45) is -3.81. The third-order valence-corrected chi connectivity index (χ3v) is 3.38. The van der Waals surface area contributed by atoms with Crippen LogP contribution in [0.15, 0.2) is 35.3 Å². The van der Waals surface area contributed by atoms with Gasteiger partial charge in [-0.3, -0.25) is 4.99 Å². The van der Waals surface area contributed by atoms with Crippen molar-refractivity contribution in [2.45, 2.75) is 26.1 Å². The fourth-order valence-electron chi connectivity index (χ4n) is 2.07. The van der Waals surface area contributed by atoms with Gasteiger partial charge in [0.15, 0.2) is 5.96 Å². The van der Waals surface area contributed by atoms with E-state index in [1.807, 2.05) is 30.3 Å². The van der Waals surface area contributed by atoms with E-state index in [4.69, 9.17) is 4.74 Å². The SMILES string of the molecule is CN=C(NCCCOCC(F)(F)F)NCC(C)COCc1ccccc1. The Kier molecular flexibility index (Phi) is 10.7. The van der Waals surface area contributed by atoms with Gasteiger partial charge in [0.1, 0.15) is 6.61 Å². The molecule has 0 bridgehead atoms. The first-order valence-electron chi connectivity index (χ1n) is 8.61. The number of rotatable bonds is 11. The predicted octanol–water partition coefficient (Wildman–Crippen LogP) is 2.97. The van der Waals surface area contributed by atoms with E-state index in [2.05, 4.69) is 27.3 Å². The average Bonchev–Trinajstić information content (AvgIpc) is 2.60. The molecule has 26 heavy (non-hydrogen) atoms. The Hall–Kier alpha value is -1.80. The van der Waals surface area contributed by atoms with Crippen LogP contribution in [0.5, 0.6) is 0 Å². The van der Waals surface area contributed by atoms with Gasteiger partial charge in [-0.15, -0.1) is 0 Å². The third-order valence-electron chi connectivity index (χ3n) is 3.38. The first-order chi connectivity index (χ1) is 12.4. The van der Waals surface area contributed by atoms with Crippen molar-refractivity contribution in [3.05, 3.63) is 35.9 Å². The number of nitrogens with zero attached hydrogens (tertiary/aromatic N) is 1. The second kappa shape index (κ2) is 12.5. The standard InChI is InChI=1S/C18H28F3N3O2/c1-15(12-26-13-16-7-4-3-5-8-16)11-24-17(22-2)23-9-6-10-25-14-18(19,20)21/h3-5,7-8,15H,6,9-14H2,1-2H3,(H2,22,23,24). The lowest BCUT2D eigenvalue weighted by atomic mass is 10.2. The molecule has 1 aromatic carbocycles. The van der Waals surface area contributed by atoms with Crippen LogP contribution >= 0.6 is 0 Å².